The van der Waals surface area contributed by atoms with Crippen LogP contribution in [-0.2, 0) is 6.54 Å². The lowest BCUT2D eigenvalue weighted by Gasteiger charge is -2.18. The summed E-state index contributed by atoms with van der Waals surface area (Å²) in [6.45, 7) is 3.62. The molecule has 9 nitrogen and oxygen atoms in total. The molecule has 0 atom stereocenters. The van der Waals surface area contributed by atoms with Crippen LogP contribution in [0.3, 0.4) is 0 Å². The number of hydrogen-bond donors (Lipinski definition) is 2. The number of aryl methyl sites for hydroxylation is 1. The van der Waals surface area contributed by atoms with Crippen LogP contribution < -0.4 is 20.1 Å². The van der Waals surface area contributed by atoms with Crippen molar-refractivity contribution in [1.29, 1.82) is 0 Å². The van der Waals surface area contributed by atoms with Gasteiger partial charge in [-0.2, -0.15) is 4.80 Å². The van der Waals surface area contributed by atoms with Gasteiger partial charge in [0.25, 0.3) is 11.9 Å². The van der Waals surface area contributed by atoms with E-state index < -0.39 is 0 Å². The predicted octanol–water partition coefficient (Wildman–Crippen LogP) is 0.981. The van der Waals surface area contributed by atoms with Gasteiger partial charge in [0, 0.05) is 5.56 Å². The van der Waals surface area contributed by atoms with Gasteiger partial charge in [0.1, 0.15) is 13.2 Å². The Morgan fingerprint density at radius 2 is 2.12 bits per heavy atom. The molecule has 0 aliphatic carbocycles. The average Bonchev–Trinajstić information content (AvgIpc) is 3.01. The Morgan fingerprint density at radius 1 is 1.33 bits per heavy atom. The molecule has 2 N–H and O–H groups in total. The molecule has 10 heteroatoms. The van der Waals surface area contributed by atoms with Gasteiger partial charge in [-0.25, -0.2) is 0 Å². The van der Waals surface area contributed by atoms with E-state index in [1.165, 1.54) is 4.80 Å². The van der Waals surface area contributed by atoms with Crippen LogP contribution in [-0.4, -0.2) is 44.4 Å². The largest absolute Gasteiger partial charge is 0.486 e. The summed E-state index contributed by atoms with van der Waals surface area (Å²) >= 11 is 5.09. The lowest BCUT2D eigenvalue weighted by atomic mass is 10.2. The summed E-state index contributed by atoms with van der Waals surface area (Å²) in [4.78, 5) is 13.7. The van der Waals surface area contributed by atoms with Crippen LogP contribution in [0.25, 0.3) is 0 Å². The van der Waals surface area contributed by atoms with Crippen LogP contribution in [0.2, 0.25) is 0 Å². The molecule has 2 heterocycles. The summed E-state index contributed by atoms with van der Waals surface area (Å²) in [5.41, 5.74) is 0.408. The number of carbonyl (C=O) groups excluding carboxylic acids is 1. The van der Waals surface area contributed by atoms with E-state index in [-0.39, 0.29) is 17.0 Å². The zero-order chi connectivity index (χ0) is 16.9. The third-order valence-corrected chi connectivity index (χ3v) is 3.34. The van der Waals surface area contributed by atoms with Crippen molar-refractivity contribution in [2.75, 3.05) is 18.5 Å². The zero-order valence-electron chi connectivity index (χ0n) is 13.0. The first-order chi connectivity index (χ1) is 11.7. The van der Waals surface area contributed by atoms with Crippen molar-refractivity contribution in [1.82, 2.24) is 25.5 Å². The topological polar surface area (TPSA) is 103 Å². The quantitative estimate of drug-likeness (QED) is 0.788. The van der Waals surface area contributed by atoms with E-state index in [0.717, 1.165) is 6.42 Å². The third kappa shape index (κ3) is 3.77. The highest BCUT2D eigenvalue weighted by molar-refractivity contribution is 7.80. The van der Waals surface area contributed by atoms with E-state index in [0.29, 0.717) is 36.8 Å². The Hall–Kier alpha value is -2.75. The van der Waals surface area contributed by atoms with E-state index >= 15 is 0 Å². The van der Waals surface area contributed by atoms with Gasteiger partial charge in [-0.3, -0.25) is 15.4 Å². The molecule has 1 aliphatic rings. The molecule has 0 saturated carbocycles. The summed E-state index contributed by atoms with van der Waals surface area (Å²) < 4.78 is 10.9. The number of anilines is 1. The fourth-order valence-electron chi connectivity index (χ4n) is 2.08. The fourth-order valence-corrected chi connectivity index (χ4v) is 2.26. The Bertz CT molecular complexity index is 763. The van der Waals surface area contributed by atoms with Gasteiger partial charge < -0.3 is 9.47 Å². The molecule has 2 aromatic rings. The van der Waals surface area contributed by atoms with Crippen LogP contribution in [0.1, 0.15) is 23.7 Å². The summed E-state index contributed by atoms with van der Waals surface area (Å²) in [5.74, 6) is 1.02. The second-order valence-corrected chi connectivity index (χ2v) is 5.38. The van der Waals surface area contributed by atoms with Crippen molar-refractivity contribution in [3.63, 3.8) is 0 Å². The Kier molecular flexibility index (Phi) is 4.85. The van der Waals surface area contributed by atoms with Crippen LogP contribution >= 0.6 is 12.2 Å². The molecule has 24 heavy (non-hydrogen) atoms. The van der Waals surface area contributed by atoms with E-state index in [1.807, 2.05) is 6.92 Å². The number of rotatable bonds is 4. The molecule has 1 aromatic carbocycles. The molecular weight excluding hydrogens is 332 g/mol. The zero-order valence-corrected chi connectivity index (χ0v) is 13.8. The third-order valence-electron chi connectivity index (χ3n) is 3.13. The number of hydrogen-bond acceptors (Lipinski definition) is 7. The number of benzene rings is 1. The molecular formula is C14H16N6O3S. The van der Waals surface area contributed by atoms with Gasteiger partial charge in [0.15, 0.2) is 16.6 Å². The molecule has 1 aromatic heterocycles. The van der Waals surface area contributed by atoms with Crippen molar-refractivity contribution in [2.24, 2.45) is 0 Å². The highest BCUT2D eigenvalue weighted by atomic mass is 32.1. The number of amides is 1. The number of nitrogens with zero attached hydrogens (tertiary/aromatic N) is 4. The maximum Gasteiger partial charge on any atom is 0.269 e. The number of tetrazole rings is 1. The number of ether oxygens (including phenoxy) is 2. The minimum Gasteiger partial charge on any atom is -0.486 e. The maximum atomic E-state index is 12.2. The van der Waals surface area contributed by atoms with Gasteiger partial charge in [0.05, 0.1) is 6.54 Å². The smallest absolute Gasteiger partial charge is 0.269 e. The SMILES string of the molecule is CCCn1nnc(NC(=S)NC(=O)c2ccc3c(c2)OCCO3)n1. The second-order valence-electron chi connectivity index (χ2n) is 4.98. The van der Waals surface area contributed by atoms with Crippen LogP contribution in [0.5, 0.6) is 11.5 Å². The molecule has 1 amide bonds. The molecule has 3 rings (SSSR count). The van der Waals surface area contributed by atoms with Crippen molar-refractivity contribution >= 4 is 29.2 Å². The molecule has 0 unspecified atom stereocenters. The molecule has 1 aliphatic heterocycles. The van der Waals surface area contributed by atoms with E-state index in [4.69, 9.17) is 21.7 Å². The van der Waals surface area contributed by atoms with Gasteiger partial charge in [0.2, 0.25) is 0 Å². The van der Waals surface area contributed by atoms with Crippen molar-refractivity contribution in [3.05, 3.63) is 23.8 Å². The normalized spacial score (nSPS) is 12.5. The first-order valence-electron chi connectivity index (χ1n) is 7.45. The Balaban J connectivity index is 1.60. The van der Waals surface area contributed by atoms with E-state index in [2.05, 4.69) is 26.0 Å². The van der Waals surface area contributed by atoms with Crippen molar-refractivity contribution < 1.29 is 14.3 Å². The van der Waals surface area contributed by atoms with E-state index in [1.54, 1.807) is 18.2 Å². The second kappa shape index (κ2) is 7.21. The minimum absolute atomic E-state index is 0.0888. The standard InChI is InChI=1S/C14H16N6O3S/c1-2-5-20-18-13(17-19-20)16-14(24)15-12(21)9-3-4-10-11(8-9)23-7-6-22-10/h3-4,8H,2,5-7H2,1H3,(H2,15,16,18,21,24). The molecule has 0 saturated heterocycles. The highest BCUT2D eigenvalue weighted by Crippen LogP contribution is 2.30. The lowest BCUT2D eigenvalue weighted by Crippen LogP contribution is -2.34. The molecule has 0 bridgehead atoms. The monoisotopic (exact) mass is 348 g/mol. The van der Waals surface area contributed by atoms with Gasteiger partial charge in [-0.15, -0.1) is 5.10 Å². The van der Waals surface area contributed by atoms with E-state index in [9.17, 15) is 4.79 Å². The summed E-state index contributed by atoms with van der Waals surface area (Å²) in [7, 11) is 0. The number of carbonyl (C=O) groups is 1. The van der Waals surface area contributed by atoms with Gasteiger partial charge >= 0.3 is 0 Å². The van der Waals surface area contributed by atoms with Crippen molar-refractivity contribution in [2.45, 2.75) is 19.9 Å². The first kappa shape index (κ1) is 16.1. The predicted molar refractivity (Wildman–Crippen MR) is 89.2 cm³/mol. The van der Waals surface area contributed by atoms with Gasteiger partial charge in [-0.05, 0) is 42.1 Å². The number of thiocarbonyl (C=S) groups is 1. The van der Waals surface area contributed by atoms with Crippen molar-refractivity contribution in [3.8, 4) is 11.5 Å². The molecule has 126 valence electrons. The molecule has 0 spiro atoms. The molecule has 0 radical (unpaired) electrons. The Labute approximate surface area is 143 Å². The summed E-state index contributed by atoms with van der Waals surface area (Å²) in [5, 5.41) is 17.1. The average molecular weight is 348 g/mol. The maximum absolute atomic E-state index is 12.2. The lowest BCUT2D eigenvalue weighted by molar-refractivity contribution is 0.0976. The summed E-state index contributed by atoms with van der Waals surface area (Å²) in [6, 6.07) is 4.95. The van der Waals surface area contributed by atoms with Gasteiger partial charge in [-0.1, -0.05) is 12.0 Å². The number of aromatic nitrogens is 4. The summed E-state index contributed by atoms with van der Waals surface area (Å²) in [6.07, 6.45) is 0.890. The Morgan fingerprint density at radius 3 is 2.92 bits per heavy atom. The fraction of sp³-hybridized carbons (Fsp3) is 0.357. The van der Waals surface area contributed by atoms with Crippen LogP contribution in [0, 0.1) is 0 Å². The van der Waals surface area contributed by atoms with Crippen LogP contribution in [0.4, 0.5) is 5.95 Å². The minimum atomic E-state index is -0.370. The number of nitrogens with one attached hydrogen (secondary N) is 2. The number of fused-ring (bicyclic) bond motifs is 1. The molecule has 0 fully saturated rings. The first-order valence-corrected chi connectivity index (χ1v) is 7.86. The van der Waals surface area contributed by atoms with Crippen LogP contribution in [0.15, 0.2) is 18.2 Å². The highest BCUT2D eigenvalue weighted by Gasteiger charge is 2.16.